The molecule has 3 nitrogen and oxygen atoms in total. The van der Waals surface area contributed by atoms with Gasteiger partial charge in [0.05, 0.1) is 7.11 Å². The molecule has 3 heteroatoms. The number of nitrogens with two attached hydrogens (primary N) is 1. The highest BCUT2D eigenvalue weighted by atomic mass is 16.5. The number of rotatable bonds is 5. The van der Waals surface area contributed by atoms with Gasteiger partial charge < -0.3 is 15.4 Å². The lowest BCUT2D eigenvalue weighted by Crippen LogP contribution is -2.28. The summed E-state index contributed by atoms with van der Waals surface area (Å²) in [5.74, 6) is 1.77. The molecule has 2 aliphatic carbocycles. The minimum Gasteiger partial charge on any atom is -0.497 e. The Kier molecular flexibility index (Phi) is 2.61. The lowest BCUT2D eigenvalue weighted by molar-refractivity contribution is 0.415. The second kappa shape index (κ2) is 4.13. The smallest absolute Gasteiger partial charge is 0.122 e. The fraction of sp³-hybridized carbons (Fsp3) is 0.571. The van der Waals surface area contributed by atoms with Crippen LogP contribution in [-0.2, 0) is 0 Å². The van der Waals surface area contributed by atoms with Crippen LogP contribution in [0.25, 0.3) is 0 Å². The average Bonchev–Trinajstić information content (AvgIpc) is 3.16. The first-order valence-corrected chi connectivity index (χ1v) is 6.47. The Balaban J connectivity index is 1.85. The van der Waals surface area contributed by atoms with Crippen molar-refractivity contribution >= 4 is 11.4 Å². The normalized spacial score (nSPS) is 19.1. The van der Waals surface area contributed by atoms with E-state index in [1.54, 1.807) is 7.11 Å². The quantitative estimate of drug-likeness (QED) is 0.793. The van der Waals surface area contributed by atoms with E-state index in [0.717, 1.165) is 23.4 Å². The lowest BCUT2D eigenvalue weighted by Gasteiger charge is -2.25. The summed E-state index contributed by atoms with van der Waals surface area (Å²) in [7, 11) is 1.70. The molecule has 0 atom stereocenters. The van der Waals surface area contributed by atoms with E-state index in [-0.39, 0.29) is 0 Å². The molecular formula is C14H20N2O. The molecular weight excluding hydrogens is 212 g/mol. The predicted molar refractivity (Wildman–Crippen MR) is 70.5 cm³/mol. The molecule has 0 heterocycles. The fourth-order valence-electron chi connectivity index (χ4n) is 2.32. The van der Waals surface area contributed by atoms with Crippen LogP contribution in [0.4, 0.5) is 11.4 Å². The van der Waals surface area contributed by atoms with Gasteiger partial charge in [0.2, 0.25) is 0 Å². The molecule has 17 heavy (non-hydrogen) atoms. The standard InChI is InChI=1S/C14H20N2O/c1-17-14-7-11(15)6-13(8-14)16(12-4-5-12)9-10-2-3-10/h6-8,10,12H,2-5,9,15H2,1H3. The molecule has 2 N–H and O–H groups in total. The van der Waals surface area contributed by atoms with Crippen LogP contribution >= 0.6 is 0 Å². The molecule has 0 radical (unpaired) electrons. The van der Waals surface area contributed by atoms with Crippen molar-refractivity contribution in [1.29, 1.82) is 0 Å². The van der Waals surface area contributed by atoms with Gasteiger partial charge in [-0.25, -0.2) is 0 Å². The molecule has 1 aromatic carbocycles. The zero-order chi connectivity index (χ0) is 11.8. The SMILES string of the molecule is COc1cc(N)cc(N(CC2CC2)C2CC2)c1. The number of methoxy groups -OCH3 is 1. The van der Waals surface area contributed by atoms with Crippen LogP contribution in [-0.4, -0.2) is 19.7 Å². The van der Waals surface area contributed by atoms with Crippen molar-refractivity contribution in [2.24, 2.45) is 5.92 Å². The summed E-state index contributed by atoms with van der Waals surface area (Å²) < 4.78 is 5.30. The summed E-state index contributed by atoms with van der Waals surface area (Å²) >= 11 is 0. The maximum absolute atomic E-state index is 5.93. The first-order valence-electron chi connectivity index (χ1n) is 6.47. The lowest BCUT2D eigenvalue weighted by atomic mass is 10.2. The second-order valence-corrected chi connectivity index (χ2v) is 5.29. The van der Waals surface area contributed by atoms with Gasteiger partial charge >= 0.3 is 0 Å². The highest BCUT2D eigenvalue weighted by Crippen LogP contribution is 2.39. The van der Waals surface area contributed by atoms with E-state index < -0.39 is 0 Å². The van der Waals surface area contributed by atoms with Crippen LogP contribution in [0.5, 0.6) is 5.75 Å². The van der Waals surface area contributed by atoms with Gasteiger partial charge in [0.1, 0.15) is 5.75 Å². The number of anilines is 2. The summed E-state index contributed by atoms with van der Waals surface area (Å²) in [6, 6.07) is 6.80. The Hall–Kier alpha value is -1.38. The van der Waals surface area contributed by atoms with Crippen LogP contribution in [0.3, 0.4) is 0 Å². The Labute approximate surface area is 103 Å². The van der Waals surface area contributed by atoms with E-state index in [1.165, 1.54) is 37.9 Å². The Morgan fingerprint density at radius 3 is 2.59 bits per heavy atom. The molecule has 0 saturated heterocycles. The second-order valence-electron chi connectivity index (χ2n) is 5.29. The first kappa shape index (κ1) is 10.8. The van der Waals surface area contributed by atoms with E-state index in [9.17, 15) is 0 Å². The molecule has 92 valence electrons. The van der Waals surface area contributed by atoms with Gasteiger partial charge in [-0.15, -0.1) is 0 Å². The van der Waals surface area contributed by atoms with Gasteiger partial charge in [0, 0.05) is 36.1 Å². The van der Waals surface area contributed by atoms with E-state index in [1.807, 2.05) is 6.07 Å². The molecule has 0 aliphatic heterocycles. The number of nitrogen functional groups attached to an aromatic ring is 1. The van der Waals surface area contributed by atoms with E-state index in [4.69, 9.17) is 10.5 Å². The minimum atomic E-state index is 0.738. The molecule has 2 saturated carbocycles. The Morgan fingerprint density at radius 1 is 1.24 bits per heavy atom. The van der Waals surface area contributed by atoms with E-state index in [0.29, 0.717) is 0 Å². The van der Waals surface area contributed by atoms with Crippen molar-refractivity contribution in [2.45, 2.75) is 31.7 Å². The number of hydrogen-bond acceptors (Lipinski definition) is 3. The average molecular weight is 232 g/mol. The zero-order valence-corrected chi connectivity index (χ0v) is 10.4. The van der Waals surface area contributed by atoms with Crippen molar-refractivity contribution in [3.63, 3.8) is 0 Å². The van der Waals surface area contributed by atoms with Crippen LogP contribution in [0.15, 0.2) is 18.2 Å². The molecule has 0 amide bonds. The summed E-state index contributed by atoms with van der Waals surface area (Å²) in [5, 5.41) is 0. The van der Waals surface area contributed by atoms with Crippen molar-refractivity contribution < 1.29 is 4.74 Å². The van der Waals surface area contributed by atoms with E-state index in [2.05, 4.69) is 17.0 Å². The first-order chi connectivity index (χ1) is 8.26. The van der Waals surface area contributed by atoms with Crippen LogP contribution in [0.1, 0.15) is 25.7 Å². The van der Waals surface area contributed by atoms with Crippen molar-refractivity contribution in [2.75, 3.05) is 24.3 Å². The van der Waals surface area contributed by atoms with Gasteiger partial charge in [-0.3, -0.25) is 0 Å². The summed E-state index contributed by atoms with van der Waals surface area (Å²) in [6.07, 6.45) is 5.43. The largest absolute Gasteiger partial charge is 0.497 e. The van der Waals surface area contributed by atoms with Crippen molar-refractivity contribution in [3.8, 4) is 5.75 Å². The third-order valence-electron chi connectivity index (χ3n) is 3.62. The Bertz CT molecular complexity index is 411. The third kappa shape index (κ3) is 2.48. The highest BCUT2D eigenvalue weighted by Gasteiger charge is 2.34. The van der Waals surface area contributed by atoms with Gasteiger partial charge in [-0.1, -0.05) is 0 Å². The molecule has 0 bridgehead atoms. The molecule has 0 unspecified atom stereocenters. The van der Waals surface area contributed by atoms with Gasteiger partial charge in [-0.2, -0.15) is 0 Å². The number of benzene rings is 1. The number of ether oxygens (including phenoxy) is 1. The van der Waals surface area contributed by atoms with Crippen LogP contribution < -0.4 is 15.4 Å². The molecule has 0 aromatic heterocycles. The number of hydrogen-bond donors (Lipinski definition) is 1. The van der Waals surface area contributed by atoms with Gasteiger partial charge in [-0.05, 0) is 37.7 Å². The topological polar surface area (TPSA) is 38.5 Å². The molecule has 2 fully saturated rings. The maximum atomic E-state index is 5.93. The van der Waals surface area contributed by atoms with E-state index >= 15 is 0 Å². The third-order valence-corrected chi connectivity index (χ3v) is 3.62. The highest BCUT2D eigenvalue weighted by molar-refractivity contribution is 5.61. The van der Waals surface area contributed by atoms with Crippen LogP contribution in [0.2, 0.25) is 0 Å². The molecule has 1 aromatic rings. The maximum Gasteiger partial charge on any atom is 0.122 e. The van der Waals surface area contributed by atoms with Crippen molar-refractivity contribution in [1.82, 2.24) is 0 Å². The molecule has 2 aliphatic rings. The summed E-state index contributed by atoms with van der Waals surface area (Å²) in [5.41, 5.74) is 7.96. The summed E-state index contributed by atoms with van der Waals surface area (Å²) in [4.78, 5) is 2.52. The zero-order valence-electron chi connectivity index (χ0n) is 10.4. The number of nitrogens with zero attached hydrogens (tertiary/aromatic N) is 1. The van der Waals surface area contributed by atoms with Crippen molar-refractivity contribution in [3.05, 3.63) is 18.2 Å². The monoisotopic (exact) mass is 232 g/mol. The van der Waals surface area contributed by atoms with Gasteiger partial charge in [0.25, 0.3) is 0 Å². The molecule has 3 rings (SSSR count). The summed E-state index contributed by atoms with van der Waals surface area (Å²) in [6.45, 7) is 1.19. The fourth-order valence-corrected chi connectivity index (χ4v) is 2.32. The predicted octanol–water partition coefficient (Wildman–Crippen LogP) is 2.66. The molecule has 0 spiro atoms. The Morgan fingerprint density at radius 2 is 2.00 bits per heavy atom. The minimum absolute atomic E-state index is 0.738. The van der Waals surface area contributed by atoms with Gasteiger partial charge in [0.15, 0.2) is 0 Å². The van der Waals surface area contributed by atoms with Crippen LogP contribution in [0, 0.1) is 5.92 Å².